The van der Waals surface area contributed by atoms with Crippen molar-refractivity contribution in [3.05, 3.63) is 43.6 Å². The van der Waals surface area contributed by atoms with E-state index in [-0.39, 0.29) is 0 Å². The Morgan fingerprint density at radius 2 is 2.33 bits per heavy atom. The topological polar surface area (TPSA) is 43.8 Å². The highest BCUT2D eigenvalue weighted by molar-refractivity contribution is 5.61. The van der Waals surface area contributed by atoms with Crippen molar-refractivity contribution >= 4 is 11.5 Å². The van der Waals surface area contributed by atoms with Crippen molar-refractivity contribution < 1.29 is 0 Å². The van der Waals surface area contributed by atoms with Gasteiger partial charge in [0, 0.05) is 6.07 Å². The summed E-state index contributed by atoms with van der Waals surface area (Å²) < 4.78 is 1.59. The number of nitrogen functional groups attached to an aromatic ring is 1. The van der Waals surface area contributed by atoms with Crippen LogP contribution in [0.5, 0.6) is 0 Å². The first kappa shape index (κ1) is 8.33. The van der Waals surface area contributed by atoms with Crippen LogP contribution in [0.25, 0.3) is 5.70 Å². The molecule has 0 fully saturated rings. The van der Waals surface area contributed by atoms with Crippen molar-refractivity contribution in [1.82, 2.24) is 9.78 Å². The van der Waals surface area contributed by atoms with Crippen molar-refractivity contribution in [2.24, 2.45) is 0 Å². The van der Waals surface area contributed by atoms with E-state index in [0.717, 1.165) is 5.70 Å². The first-order valence-electron chi connectivity index (χ1n) is 3.54. The smallest absolute Gasteiger partial charge is 0.127 e. The van der Waals surface area contributed by atoms with Crippen LogP contribution in [0.15, 0.2) is 43.6 Å². The Kier molecular flexibility index (Phi) is 2.48. The second-order valence-corrected chi connectivity index (χ2v) is 2.20. The first-order chi connectivity index (χ1) is 5.79. The largest absolute Gasteiger partial charge is 0.384 e. The quantitative estimate of drug-likeness (QED) is 0.685. The second kappa shape index (κ2) is 3.57. The molecule has 0 aromatic carbocycles. The van der Waals surface area contributed by atoms with Crippen LogP contribution >= 0.6 is 0 Å². The van der Waals surface area contributed by atoms with Crippen molar-refractivity contribution in [2.45, 2.75) is 0 Å². The summed E-state index contributed by atoms with van der Waals surface area (Å²) >= 11 is 0. The van der Waals surface area contributed by atoms with Gasteiger partial charge in [0.15, 0.2) is 0 Å². The fourth-order valence-corrected chi connectivity index (χ4v) is 0.875. The van der Waals surface area contributed by atoms with E-state index in [1.165, 1.54) is 0 Å². The highest BCUT2D eigenvalue weighted by atomic mass is 15.3. The van der Waals surface area contributed by atoms with Gasteiger partial charge < -0.3 is 5.73 Å². The van der Waals surface area contributed by atoms with Gasteiger partial charge in [-0.05, 0) is 12.2 Å². The van der Waals surface area contributed by atoms with E-state index >= 15 is 0 Å². The van der Waals surface area contributed by atoms with Gasteiger partial charge >= 0.3 is 0 Å². The van der Waals surface area contributed by atoms with E-state index in [1.807, 2.05) is 0 Å². The number of rotatable bonds is 3. The van der Waals surface area contributed by atoms with Gasteiger partial charge in [-0.2, -0.15) is 5.10 Å². The lowest BCUT2D eigenvalue weighted by molar-refractivity contribution is 0.921. The Hall–Kier alpha value is -1.77. The number of hydrogen-bond donors (Lipinski definition) is 1. The lowest BCUT2D eigenvalue weighted by atomic mass is 10.4. The average Bonchev–Trinajstić information content (AvgIpc) is 2.47. The van der Waals surface area contributed by atoms with Crippen molar-refractivity contribution in [3.63, 3.8) is 0 Å². The molecule has 0 aliphatic heterocycles. The molecule has 0 spiro atoms. The molecule has 1 aromatic heterocycles. The monoisotopic (exact) mass is 161 g/mol. The summed E-state index contributed by atoms with van der Waals surface area (Å²) in [4.78, 5) is 0. The van der Waals surface area contributed by atoms with Gasteiger partial charge in [0.1, 0.15) is 5.82 Å². The standard InChI is InChI=1S/C9H11N3/c1-3-5-8(4-2)12-9(10)6-7-11-12/h3-7H,1-2,10H2/b8-5+. The molecule has 0 radical (unpaired) electrons. The third-order valence-corrected chi connectivity index (χ3v) is 1.41. The molecule has 62 valence electrons. The van der Waals surface area contributed by atoms with Crippen LogP contribution in [0.3, 0.4) is 0 Å². The predicted molar refractivity (Wildman–Crippen MR) is 51.3 cm³/mol. The molecular weight excluding hydrogens is 150 g/mol. The number of hydrogen-bond acceptors (Lipinski definition) is 2. The summed E-state index contributed by atoms with van der Waals surface area (Å²) in [5.74, 6) is 0.586. The molecule has 1 aromatic rings. The Morgan fingerprint density at radius 1 is 1.58 bits per heavy atom. The first-order valence-corrected chi connectivity index (χ1v) is 3.54. The molecule has 0 unspecified atom stereocenters. The number of allylic oxidation sites excluding steroid dienone is 4. The lowest BCUT2D eigenvalue weighted by Crippen LogP contribution is -2.01. The Bertz CT molecular complexity index is 320. The molecular formula is C9H11N3. The molecule has 0 atom stereocenters. The molecule has 0 bridgehead atoms. The normalized spacial score (nSPS) is 11.2. The van der Waals surface area contributed by atoms with E-state index in [4.69, 9.17) is 5.73 Å². The Morgan fingerprint density at radius 3 is 2.75 bits per heavy atom. The maximum atomic E-state index is 5.62. The maximum absolute atomic E-state index is 5.62. The fourth-order valence-electron chi connectivity index (χ4n) is 0.875. The molecule has 0 saturated heterocycles. The van der Waals surface area contributed by atoms with Gasteiger partial charge in [0.25, 0.3) is 0 Å². The van der Waals surface area contributed by atoms with Crippen molar-refractivity contribution in [1.29, 1.82) is 0 Å². The minimum atomic E-state index is 0.586. The minimum Gasteiger partial charge on any atom is -0.384 e. The fraction of sp³-hybridized carbons (Fsp3) is 0. The molecule has 0 aliphatic carbocycles. The SMILES string of the molecule is C=C/C=C(\C=C)n1nccc1N. The molecule has 3 nitrogen and oxygen atoms in total. The summed E-state index contributed by atoms with van der Waals surface area (Å²) in [5, 5.41) is 4.01. The van der Waals surface area contributed by atoms with Gasteiger partial charge in [-0.15, -0.1) is 0 Å². The molecule has 1 rings (SSSR count). The van der Waals surface area contributed by atoms with Crippen molar-refractivity contribution in [2.75, 3.05) is 5.73 Å². The molecule has 0 aliphatic rings. The van der Waals surface area contributed by atoms with Crippen LogP contribution < -0.4 is 5.73 Å². The van der Waals surface area contributed by atoms with Crippen LogP contribution in [0.1, 0.15) is 0 Å². The Labute approximate surface area is 71.5 Å². The zero-order chi connectivity index (χ0) is 8.97. The summed E-state index contributed by atoms with van der Waals surface area (Å²) in [6.45, 7) is 7.23. The zero-order valence-corrected chi connectivity index (χ0v) is 6.77. The summed E-state index contributed by atoms with van der Waals surface area (Å²) in [6, 6.07) is 1.72. The van der Waals surface area contributed by atoms with Crippen LogP contribution in [-0.4, -0.2) is 9.78 Å². The van der Waals surface area contributed by atoms with E-state index in [0.29, 0.717) is 5.82 Å². The second-order valence-electron chi connectivity index (χ2n) is 2.20. The lowest BCUT2D eigenvalue weighted by Gasteiger charge is -2.02. The van der Waals surface area contributed by atoms with Gasteiger partial charge in [0.05, 0.1) is 11.9 Å². The van der Waals surface area contributed by atoms with Gasteiger partial charge in [-0.25, -0.2) is 4.68 Å². The highest BCUT2D eigenvalue weighted by Crippen LogP contribution is 2.10. The zero-order valence-electron chi connectivity index (χ0n) is 6.77. The summed E-state index contributed by atoms with van der Waals surface area (Å²) in [5.41, 5.74) is 6.44. The number of nitrogens with two attached hydrogens (primary N) is 1. The predicted octanol–water partition coefficient (Wildman–Crippen LogP) is 1.68. The van der Waals surface area contributed by atoms with Gasteiger partial charge in [-0.1, -0.05) is 19.2 Å². The van der Waals surface area contributed by atoms with E-state index in [2.05, 4.69) is 18.3 Å². The van der Waals surface area contributed by atoms with E-state index in [1.54, 1.807) is 35.2 Å². The Balaban J connectivity index is 3.10. The third kappa shape index (κ3) is 1.45. The van der Waals surface area contributed by atoms with Gasteiger partial charge in [-0.3, -0.25) is 0 Å². The third-order valence-electron chi connectivity index (χ3n) is 1.41. The minimum absolute atomic E-state index is 0.586. The van der Waals surface area contributed by atoms with Crippen LogP contribution in [0.2, 0.25) is 0 Å². The molecule has 2 N–H and O–H groups in total. The maximum Gasteiger partial charge on any atom is 0.127 e. The van der Waals surface area contributed by atoms with Gasteiger partial charge in [0.2, 0.25) is 0 Å². The molecule has 1 heterocycles. The van der Waals surface area contributed by atoms with Crippen LogP contribution in [-0.2, 0) is 0 Å². The molecule has 12 heavy (non-hydrogen) atoms. The van der Waals surface area contributed by atoms with Crippen LogP contribution in [0, 0.1) is 0 Å². The number of anilines is 1. The average molecular weight is 161 g/mol. The van der Waals surface area contributed by atoms with Crippen LogP contribution in [0.4, 0.5) is 5.82 Å². The number of nitrogens with zero attached hydrogens (tertiary/aromatic N) is 2. The molecule has 3 heteroatoms. The highest BCUT2D eigenvalue weighted by Gasteiger charge is 1.98. The van der Waals surface area contributed by atoms with Crippen molar-refractivity contribution in [3.8, 4) is 0 Å². The van der Waals surface area contributed by atoms with E-state index < -0.39 is 0 Å². The van der Waals surface area contributed by atoms with E-state index in [9.17, 15) is 0 Å². The summed E-state index contributed by atoms with van der Waals surface area (Å²) in [7, 11) is 0. The number of aromatic nitrogens is 2. The summed E-state index contributed by atoms with van der Waals surface area (Å²) in [6.07, 6.45) is 6.76. The molecule has 0 amide bonds. The molecule has 0 saturated carbocycles.